The topological polar surface area (TPSA) is 112 Å². The molecule has 0 saturated heterocycles. The second kappa shape index (κ2) is 7.59. The zero-order valence-electron chi connectivity index (χ0n) is 16.2. The zero-order valence-corrected chi connectivity index (χ0v) is 16.2. The van der Waals surface area contributed by atoms with E-state index in [1.165, 1.54) is 26.1 Å². The first kappa shape index (κ1) is 21.0. The number of hydrogen-bond donors (Lipinski definition) is 2. The van der Waals surface area contributed by atoms with Gasteiger partial charge in [0.2, 0.25) is 0 Å². The maximum atomic E-state index is 15.0. The van der Waals surface area contributed by atoms with E-state index >= 15 is 0 Å². The molecule has 0 aliphatic heterocycles. The molecule has 154 valence electrons. The van der Waals surface area contributed by atoms with Gasteiger partial charge in [-0.3, -0.25) is 9.59 Å². The molecule has 1 atom stereocenters. The predicted molar refractivity (Wildman–Crippen MR) is 101 cm³/mol. The standard InChI is InChI=1S/C20H16F3N5O2/c1-9-14-6-13(21)4-5-15(14)28-18(29)16(9)20(22,23)19(30)27-11(3)17-25-8-12(7-24)10(2)26-17/h4-6,8,11H,1-3H3,(H,27,30)(H,28,29)/t11-/m1/s1. The lowest BCUT2D eigenvalue weighted by molar-refractivity contribution is -0.148. The Morgan fingerprint density at radius 2 is 2.03 bits per heavy atom. The highest BCUT2D eigenvalue weighted by Crippen LogP contribution is 2.32. The Kier molecular flexibility index (Phi) is 5.31. The molecule has 0 spiro atoms. The Morgan fingerprint density at radius 1 is 1.33 bits per heavy atom. The van der Waals surface area contributed by atoms with Gasteiger partial charge in [-0.1, -0.05) is 0 Å². The summed E-state index contributed by atoms with van der Waals surface area (Å²) >= 11 is 0. The Labute approximate surface area is 168 Å². The summed E-state index contributed by atoms with van der Waals surface area (Å²) in [7, 11) is 0. The van der Waals surface area contributed by atoms with Crippen LogP contribution in [0.5, 0.6) is 0 Å². The molecule has 7 nitrogen and oxygen atoms in total. The number of carbonyl (C=O) groups is 1. The number of carbonyl (C=O) groups excluding carboxylic acids is 1. The Hall–Kier alpha value is -3.74. The third-order valence-corrected chi connectivity index (χ3v) is 4.69. The first-order chi connectivity index (χ1) is 14.1. The SMILES string of the molecule is Cc1nc([C@@H](C)NC(=O)C(F)(F)c2c(C)c3cc(F)ccc3[nH]c2=O)ncc1C#N. The molecule has 2 aromatic heterocycles. The highest BCUT2D eigenvalue weighted by molar-refractivity contribution is 5.89. The summed E-state index contributed by atoms with van der Waals surface area (Å²) in [4.78, 5) is 34.9. The van der Waals surface area contributed by atoms with Crippen molar-refractivity contribution in [2.24, 2.45) is 0 Å². The molecule has 2 heterocycles. The van der Waals surface area contributed by atoms with E-state index in [-0.39, 0.29) is 27.9 Å². The summed E-state index contributed by atoms with van der Waals surface area (Å²) in [5.41, 5.74) is -1.69. The molecule has 1 amide bonds. The summed E-state index contributed by atoms with van der Waals surface area (Å²) < 4.78 is 43.5. The van der Waals surface area contributed by atoms with E-state index in [0.717, 1.165) is 12.1 Å². The van der Waals surface area contributed by atoms with E-state index in [2.05, 4.69) is 20.3 Å². The minimum Gasteiger partial charge on any atom is -0.341 e. The monoisotopic (exact) mass is 415 g/mol. The highest BCUT2D eigenvalue weighted by atomic mass is 19.3. The van der Waals surface area contributed by atoms with Gasteiger partial charge in [-0.05, 0) is 44.5 Å². The number of nitrogens with one attached hydrogen (secondary N) is 2. The number of halogens is 3. The van der Waals surface area contributed by atoms with E-state index < -0.39 is 34.8 Å². The van der Waals surface area contributed by atoms with Gasteiger partial charge < -0.3 is 10.3 Å². The summed E-state index contributed by atoms with van der Waals surface area (Å²) in [6, 6.07) is 4.21. The lowest BCUT2D eigenvalue weighted by atomic mass is 9.99. The van der Waals surface area contributed by atoms with E-state index in [9.17, 15) is 22.8 Å². The van der Waals surface area contributed by atoms with Crippen molar-refractivity contribution in [3.8, 4) is 6.07 Å². The third kappa shape index (κ3) is 3.61. The molecule has 0 unspecified atom stereocenters. The maximum Gasteiger partial charge on any atom is 0.355 e. The Bertz CT molecular complexity index is 1260. The number of aromatic nitrogens is 3. The van der Waals surface area contributed by atoms with Crippen LogP contribution < -0.4 is 10.9 Å². The van der Waals surface area contributed by atoms with Crippen LogP contribution in [0.4, 0.5) is 13.2 Å². The molecule has 0 aliphatic carbocycles. The molecular weight excluding hydrogens is 399 g/mol. The lowest BCUT2D eigenvalue weighted by Gasteiger charge is -2.21. The molecule has 10 heteroatoms. The summed E-state index contributed by atoms with van der Waals surface area (Å²) in [6.45, 7) is 4.16. The van der Waals surface area contributed by atoms with Crippen LogP contribution in [-0.4, -0.2) is 20.9 Å². The number of nitrogens with zero attached hydrogens (tertiary/aromatic N) is 3. The van der Waals surface area contributed by atoms with Crippen molar-refractivity contribution in [2.45, 2.75) is 32.7 Å². The second-order valence-electron chi connectivity index (χ2n) is 6.75. The third-order valence-electron chi connectivity index (χ3n) is 4.69. The number of alkyl halides is 2. The summed E-state index contributed by atoms with van der Waals surface area (Å²) in [5.74, 6) is -6.57. The Balaban J connectivity index is 1.97. The highest BCUT2D eigenvalue weighted by Gasteiger charge is 2.45. The number of amides is 1. The zero-order chi connectivity index (χ0) is 22.2. The van der Waals surface area contributed by atoms with Crippen molar-refractivity contribution < 1.29 is 18.0 Å². The van der Waals surface area contributed by atoms with Crippen molar-refractivity contribution in [3.63, 3.8) is 0 Å². The summed E-state index contributed by atoms with van der Waals surface area (Å²) in [5, 5.41) is 11.1. The molecule has 3 rings (SSSR count). The molecule has 1 aromatic carbocycles. The number of nitriles is 1. The van der Waals surface area contributed by atoms with Crippen molar-refractivity contribution in [1.29, 1.82) is 5.26 Å². The van der Waals surface area contributed by atoms with Crippen LogP contribution in [0.2, 0.25) is 0 Å². The predicted octanol–water partition coefficient (Wildman–Crippen LogP) is 2.91. The average Bonchev–Trinajstić information content (AvgIpc) is 2.68. The van der Waals surface area contributed by atoms with Gasteiger partial charge in [0.05, 0.1) is 22.9 Å². The van der Waals surface area contributed by atoms with E-state index in [0.29, 0.717) is 5.69 Å². The fourth-order valence-corrected chi connectivity index (χ4v) is 3.07. The van der Waals surface area contributed by atoms with Crippen LogP contribution in [0, 0.1) is 31.0 Å². The Morgan fingerprint density at radius 3 is 2.67 bits per heavy atom. The molecule has 3 aromatic rings. The van der Waals surface area contributed by atoms with Crippen LogP contribution in [0.1, 0.15) is 41.2 Å². The number of rotatable bonds is 4. The van der Waals surface area contributed by atoms with Gasteiger partial charge >= 0.3 is 5.92 Å². The van der Waals surface area contributed by atoms with Crippen LogP contribution in [0.25, 0.3) is 10.9 Å². The van der Waals surface area contributed by atoms with E-state index in [1.807, 2.05) is 6.07 Å². The molecule has 30 heavy (non-hydrogen) atoms. The summed E-state index contributed by atoms with van der Waals surface area (Å²) in [6.07, 6.45) is 1.23. The number of aryl methyl sites for hydroxylation is 2. The van der Waals surface area contributed by atoms with Crippen molar-refractivity contribution >= 4 is 16.8 Å². The van der Waals surface area contributed by atoms with Crippen LogP contribution in [-0.2, 0) is 10.7 Å². The number of hydrogen-bond acceptors (Lipinski definition) is 5. The van der Waals surface area contributed by atoms with Crippen LogP contribution >= 0.6 is 0 Å². The van der Waals surface area contributed by atoms with Crippen LogP contribution in [0.3, 0.4) is 0 Å². The number of fused-ring (bicyclic) bond motifs is 1. The fraction of sp³-hybridized carbons (Fsp3) is 0.250. The van der Waals surface area contributed by atoms with Gasteiger partial charge in [-0.2, -0.15) is 14.0 Å². The number of H-pyrrole nitrogens is 1. The van der Waals surface area contributed by atoms with Gasteiger partial charge in [0.15, 0.2) is 5.82 Å². The smallest absolute Gasteiger partial charge is 0.341 e. The van der Waals surface area contributed by atoms with Gasteiger partial charge in [0, 0.05) is 17.1 Å². The van der Waals surface area contributed by atoms with E-state index in [4.69, 9.17) is 5.26 Å². The van der Waals surface area contributed by atoms with Gasteiger partial charge in [-0.25, -0.2) is 14.4 Å². The molecule has 2 N–H and O–H groups in total. The van der Waals surface area contributed by atoms with Gasteiger partial charge in [0.25, 0.3) is 11.5 Å². The fourth-order valence-electron chi connectivity index (χ4n) is 3.07. The van der Waals surface area contributed by atoms with Crippen LogP contribution in [0.15, 0.2) is 29.2 Å². The van der Waals surface area contributed by atoms with Crippen molar-refractivity contribution in [1.82, 2.24) is 20.3 Å². The number of aromatic amines is 1. The minimum atomic E-state index is -4.20. The molecule has 0 saturated carbocycles. The second-order valence-corrected chi connectivity index (χ2v) is 6.75. The average molecular weight is 415 g/mol. The molecule has 0 aliphatic rings. The van der Waals surface area contributed by atoms with Gasteiger partial charge in [0.1, 0.15) is 11.9 Å². The molecule has 0 bridgehead atoms. The quantitative estimate of drug-likeness (QED) is 0.681. The molecule has 0 fully saturated rings. The molecular formula is C20H16F3N5O2. The molecule has 0 radical (unpaired) electrons. The first-order valence-corrected chi connectivity index (χ1v) is 8.81. The van der Waals surface area contributed by atoms with Crippen molar-refractivity contribution in [2.75, 3.05) is 0 Å². The van der Waals surface area contributed by atoms with E-state index in [1.54, 1.807) is 6.92 Å². The largest absolute Gasteiger partial charge is 0.355 e. The number of pyridine rings is 1. The minimum absolute atomic E-state index is 0.0295. The number of benzene rings is 1. The van der Waals surface area contributed by atoms with Crippen molar-refractivity contribution in [3.05, 3.63) is 68.8 Å². The van der Waals surface area contributed by atoms with Gasteiger partial charge in [-0.15, -0.1) is 0 Å². The normalized spacial score (nSPS) is 12.4. The maximum absolute atomic E-state index is 15.0. The lowest BCUT2D eigenvalue weighted by Crippen LogP contribution is -2.43. The first-order valence-electron chi connectivity index (χ1n) is 8.81.